The summed E-state index contributed by atoms with van der Waals surface area (Å²) < 4.78 is 10.7. The van der Waals surface area contributed by atoms with E-state index in [4.69, 9.17) is 21.1 Å². The van der Waals surface area contributed by atoms with Crippen LogP contribution in [-0.4, -0.2) is 32.8 Å². The number of methoxy groups -OCH3 is 2. The minimum atomic E-state index is 0.699. The normalized spacial score (nSPS) is 10.7. The third kappa shape index (κ3) is 3.80. The maximum Gasteiger partial charge on any atom is 0.160 e. The topological polar surface area (TPSA) is 34.6 Å². The summed E-state index contributed by atoms with van der Waals surface area (Å²) in [5, 5.41) is 1.80. The first kappa shape index (κ1) is 17.4. The molecule has 1 aromatic heterocycles. The molecule has 0 spiro atoms. The summed E-state index contributed by atoms with van der Waals surface area (Å²) in [5.41, 5.74) is 3.25. The predicted octanol–water partition coefficient (Wildman–Crippen LogP) is 4.58. The monoisotopic (exact) mass is 356 g/mol. The van der Waals surface area contributed by atoms with Crippen LogP contribution in [0.5, 0.6) is 11.5 Å². The molecule has 0 unspecified atom stereocenters. The van der Waals surface area contributed by atoms with Gasteiger partial charge in [-0.25, -0.2) is 0 Å². The molecule has 0 saturated carbocycles. The van der Waals surface area contributed by atoms with E-state index in [1.54, 1.807) is 14.2 Å². The van der Waals surface area contributed by atoms with Gasteiger partial charge >= 0.3 is 0 Å². The van der Waals surface area contributed by atoms with Crippen LogP contribution in [0.25, 0.3) is 10.9 Å². The van der Waals surface area contributed by atoms with E-state index in [0.717, 1.165) is 41.1 Å². The molecule has 0 amide bonds. The Balaban J connectivity index is 1.78. The molecule has 0 radical (unpaired) electrons. The van der Waals surface area contributed by atoms with E-state index in [1.165, 1.54) is 5.56 Å². The van der Waals surface area contributed by atoms with Crippen LogP contribution in [-0.2, 0) is 6.42 Å². The van der Waals surface area contributed by atoms with Crippen molar-refractivity contribution in [1.82, 2.24) is 4.98 Å². The lowest BCUT2D eigenvalue weighted by Crippen LogP contribution is -2.20. The molecule has 0 atom stereocenters. The zero-order valence-electron chi connectivity index (χ0n) is 14.6. The summed E-state index contributed by atoms with van der Waals surface area (Å²) in [6, 6.07) is 13.9. The maximum atomic E-state index is 6.07. The first-order valence-electron chi connectivity index (χ1n) is 8.08. The Bertz CT molecular complexity index is 883. The molecule has 3 aromatic rings. The second-order valence-electron chi connectivity index (χ2n) is 5.85. The number of likely N-dealkylation sites (N-methyl/N-ethyl adjacent to an activating group) is 1. The molecule has 0 saturated heterocycles. The van der Waals surface area contributed by atoms with Gasteiger partial charge in [-0.3, -0.25) is 4.98 Å². The lowest BCUT2D eigenvalue weighted by molar-refractivity contribution is 0.354. The zero-order chi connectivity index (χ0) is 17.8. The highest BCUT2D eigenvalue weighted by Crippen LogP contribution is 2.29. The summed E-state index contributed by atoms with van der Waals surface area (Å²) in [4.78, 5) is 6.63. The van der Waals surface area contributed by atoms with Crippen molar-refractivity contribution in [2.24, 2.45) is 0 Å². The number of ether oxygens (including phenoxy) is 2. The van der Waals surface area contributed by atoms with Gasteiger partial charge in [0.1, 0.15) is 0 Å². The SMILES string of the molecule is COc1ccc(CCN(C)c2ccnc3cc(Cl)ccc23)cc1OC. The van der Waals surface area contributed by atoms with Crippen LogP contribution in [0, 0.1) is 0 Å². The molecular weight excluding hydrogens is 336 g/mol. The van der Waals surface area contributed by atoms with Gasteiger partial charge < -0.3 is 14.4 Å². The molecule has 130 valence electrons. The second-order valence-corrected chi connectivity index (χ2v) is 6.29. The van der Waals surface area contributed by atoms with Gasteiger partial charge in [-0.05, 0) is 48.4 Å². The summed E-state index contributed by atoms with van der Waals surface area (Å²) in [6.45, 7) is 0.872. The van der Waals surface area contributed by atoms with E-state index in [9.17, 15) is 0 Å². The van der Waals surface area contributed by atoms with Crippen LogP contribution in [0.15, 0.2) is 48.7 Å². The molecule has 2 aromatic carbocycles. The van der Waals surface area contributed by atoms with Gasteiger partial charge in [0, 0.05) is 35.9 Å². The number of hydrogen-bond acceptors (Lipinski definition) is 4. The van der Waals surface area contributed by atoms with E-state index in [-0.39, 0.29) is 0 Å². The first-order valence-corrected chi connectivity index (χ1v) is 8.46. The van der Waals surface area contributed by atoms with Crippen molar-refractivity contribution in [2.45, 2.75) is 6.42 Å². The molecule has 3 rings (SSSR count). The van der Waals surface area contributed by atoms with E-state index >= 15 is 0 Å². The molecule has 0 aliphatic heterocycles. The molecule has 0 N–H and O–H groups in total. The summed E-state index contributed by atoms with van der Waals surface area (Å²) in [5.74, 6) is 1.50. The molecule has 0 fully saturated rings. The number of pyridine rings is 1. The Morgan fingerprint density at radius 1 is 1.00 bits per heavy atom. The molecule has 5 heteroatoms. The summed E-state index contributed by atoms with van der Waals surface area (Å²) in [6.07, 6.45) is 2.72. The average Bonchev–Trinajstić information content (AvgIpc) is 2.65. The molecule has 0 aliphatic rings. The van der Waals surface area contributed by atoms with Crippen LogP contribution < -0.4 is 14.4 Å². The van der Waals surface area contributed by atoms with Crippen molar-refractivity contribution < 1.29 is 9.47 Å². The minimum absolute atomic E-state index is 0.699. The number of anilines is 1. The van der Waals surface area contributed by atoms with Gasteiger partial charge in [0.05, 0.1) is 19.7 Å². The molecule has 0 aliphatic carbocycles. The Labute approximate surface area is 153 Å². The highest BCUT2D eigenvalue weighted by atomic mass is 35.5. The molecule has 0 bridgehead atoms. The van der Waals surface area contributed by atoms with Gasteiger partial charge in [-0.15, -0.1) is 0 Å². The molecular formula is C20H21ClN2O2. The van der Waals surface area contributed by atoms with Crippen LogP contribution in [0.2, 0.25) is 5.02 Å². The van der Waals surface area contributed by atoms with E-state index in [0.29, 0.717) is 5.02 Å². The third-order valence-corrected chi connectivity index (χ3v) is 4.51. The van der Waals surface area contributed by atoms with E-state index < -0.39 is 0 Å². The van der Waals surface area contributed by atoms with E-state index in [2.05, 4.69) is 23.0 Å². The van der Waals surface area contributed by atoms with Crippen LogP contribution in [0.3, 0.4) is 0 Å². The van der Waals surface area contributed by atoms with Crippen LogP contribution in [0.4, 0.5) is 5.69 Å². The number of benzene rings is 2. The predicted molar refractivity (Wildman–Crippen MR) is 103 cm³/mol. The van der Waals surface area contributed by atoms with Gasteiger partial charge in [0.25, 0.3) is 0 Å². The number of aromatic nitrogens is 1. The van der Waals surface area contributed by atoms with Crippen LogP contribution in [0.1, 0.15) is 5.56 Å². The second kappa shape index (κ2) is 7.62. The highest BCUT2D eigenvalue weighted by molar-refractivity contribution is 6.31. The van der Waals surface area contributed by atoms with Crippen molar-refractivity contribution in [3.05, 3.63) is 59.2 Å². The average molecular weight is 357 g/mol. The van der Waals surface area contributed by atoms with Crippen molar-refractivity contribution in [2.75, 3.05) is 32.7 Å². The molecule has 4 nitrogen and oxygen atoms in total. The minimum Gasteiger partial charge on any atom is -0.493 e. The fourth-order valence-electron chi connectivity index (χ4n) is 2.89. The van der Waals surface area contributed by atoms with Gasteiger partial charge in [0.2, 0.25) is 0 Å². The van der Waals surface area contributed by atoms with Gasteiger partial charge in [-0.2, -0.15) is 0 Å². The summed E-state index contributed by atoms with van der Waals surface area (Å²) in [7, 11) is 5.39. The van der Waals surface area contributed by atoms with Gasteiger partial charge in [0.15, 0.2) is 11.5 Å². The number of fused-ring (bicyclic) bond motifs is 1. The Kier molecular flexibility index (Phi) is 5.29. The van der Waals surface area contributed by atoms with Crippen molar-refractivity contribution in [3.63, 3.8) is 0 Å². The number of rotatable bonds is 6. The van der Waals surface area contributed by atoms with E-state index in [1.807, 2.05) is 42.6 Å². The fraction of sp³-hybridized carbons (Fsp3) is 0.250. The standard InChI is InChI=1S/C20H21ClN2O2/c1-23(11-9-14-4-7-19(24-2)20(12-14)25-3)18-8-10-22-17-13-15(21)5-6-16(17)18/h4-8,10,12-13H,9,11H2,1-3H3. The molecule has 25 heavy (non-hydrogen) atoms. The molecule has 1 heterocycles. The Morgan fingerprint density at radius 3 is 2.56 bits per heavy atom. The first-order chi connectivity index (χ1) is 12.1. The smallest absolute Gasteiger partial charge is 0.160 e. The van der Waals surface area contributed by atoms with Gasteiger partial charge in [-0.1, -0.05) is 17.7 Å². The van der Waals surface area contributed by atoms with Crippen LogP contribution >= 0.6 is 11.6 Å². The fourth-order valence-corrected chi connectivity index (χ4v) is 3.06. The Hall–Kier alpha value is -2.46. The number of hydrogen-bond donors (Lipinski definition) is 0. The zero-order valence-corrected chi connectivity index (χ0v) is 15.4. The van der Waals surface area contributed by atoms with Crippen molar-refractivity contribution >= 4 is 28.2 Å². The number of halogens is 1. The maximum absolute atomic E-state index is 6.07. The lowest BCUT2D eigenvalue weighted by Gasteiger charge is -2.21. The highest BCUT2D eigenvalue weighted by Gasteiger charge is 2.09. The summed E-state index contributed by atoms with van der Waals surface area (Å²) >= 11 is 6.07. The third-order valence-electron chi connectivity index (χ3n) is 4.28. The van der Waals surface area contributed by atoms with Crippen molar-refractivity contribution in [3.8, 4) is 11.5 Å². The largest absolute Gasteiger partial charge is 0.493 e. The Morgan fingerprint density at radius 2 is 1.80 bits per heavy atom. The lowest BCUT2D eigenvalue weighted by atomic mass is 10.1. The number of nitrogens with zero attached hydrogens (tertiary/aromatic N) is 2. The quantitative estimate of drug-likeness (QED) is 0.647. The van der Waals surface area contributed by atoms with Crippen molar-refractivity contribution in [1.29, 1.82) is 0 Å².